The molecule has 4 N–H and O–H groups in total. The third kappa shape index (κ3) is 2.92. The molecule has 0 saturated heterocycles. The van der Waals surface area contributed by atoms with Gasteiger partial charge in [0.1, 0.15) is 0 Å². The van der Waals surface area contributed by atoms with Crippen molar-refractivity contribution in [3.8, 4) is 0 Å². The molecule has 0 heterocycles. The van der Waals surface area contributed by atoms with Crippen molar-refractivity contribution in [1.29, 1.82) is 0 Å². The Hall–Kier alpha value is -0.160. The van der Waals surface area contributed by atoms with Gasteiger partial charge >= 0.3 is 0 Å². The van der Waals surface area contributed by atoms with Gasteiger partial charge in [-0.05, 0) is 0 Å². The van der Waals surface area contributed by atoms with Crippen LogP contribution in [0.2, 0.25) is 0 Å². The van der Waals surface area contributed by atoms with Crippen LogP contribution in [0.1, 0.15) is 13.8 Å². The lowest BCUT2D eigenvalue weighted by molar-refractivity contribution is 0.170. The van der Waals surface area contributed by atoms with E-state index in [9.17, 15) is 0 Å². The number of hydrazine groups is 3. The predicted molar refractivity (Wildman–Crippen MR) is 33.4 cm³/mol. The Morgan fingerprint density at radius 3 is 2.00 bits per heavy atom. The summed E-state index contributed by atoms with van der Waals surface area (Å²) in [6.07, 6.45) is 0. The minimum Gasteiger partial charge on any atom is -0.257 e. The average molecular weight is 118 g/mol. The normalized spacial score (nSPS) is 10.5. The third-order valence-corrected chi connectivity index (χ3v) is 0.986. The molecule has 0 aliphatic rings. The van der Waals surface area contributed by atoms with Crippen molar-refractivity contribution in [1.82, 2.24) is 16.1 Å². The summed E-state index contributed by atoms with van der Waals surface area (Å²) in [6.45, 7) is 5.99. The van der Waals surface area contributed by atoms with Gasteiger partial charge < -0.3 is 0 Å². The summed E-state index contributed by atoms with van der Waals surface area (Å²) in [5.74, 6) is 4.98. The summed E-state index contributed by atoms with van der Waals surface area (Å²) in [7, 11) is 0. The van der Waals surface area contributed by atoms with Crippen molar-refractivity contribution in [2.75, 3.05) is 13.1 Å². The smallest absolute Gasteiger partial charge is 0.0116 e. The molecule has 0 bridgehead atoms. The van der Waals surface area contributed by atoms with Gasteiger partial charge in [0.05, 0.1) is 0 Å². The molecular weight excluding hydrogens is 104 g/mol. The zero-order valence-corrected chi connectivity index (χ0v) is 5.44. The van der Waals surface area contributed by atoms with Crippen molar-refractivity contribution >= 4 is 0 Å². The number of nitrogens with zero attached hydrogens (tertiary/aromatic N) is 1. The van der Waals surface area contributed by atoms with Crippen LogP contribution in [0.4, 0.5) is 0 Å². The minimum absolute atomic E-state index is 0.945. The van der Waals surface area contributed by atoms with E-state index < -0.39 is 0 Å². The maximum atomic E-state index is 4.98. The van der Waals surface area contributed by atoms with Gasteiger partial charge in [-0.1, -0.05) is 13.8 Å². The van der Waals surface area contributed by atoms with Crippen LogP contribution in [0.5, 0.6) is 0 Å². The van der Waals surface area contributed by atoms with E-state index in [1.807, 2.05) is 18.9 Å². The first-order valence-corrected chi connectivity index (χ1v) is 2.81. The van der Waals surface area contributed by atoms with Crippen LogP contribution in [-0.2, 0) is 0 Å². The monoisotopic (exact) mass is 118 g/mol. The summed E-state index contributed by atoms with van der Waals surface area (Å²) in [5, 5.41) is 1.94. The first-order valence-electron chi connectivity index (χ1n) is 2.81. The maximum Gasteiger partial charge on any atom is 0.0116 e. The van der Waals surface area contributed by atoms with Crippen molar-refractivity contribution in [3.63, 3.8) is 0 Å². The second-order valence-electron chi connectivity index (χ2n) is 1.43. The lowest BCUT2D eigenvalue weighted by atomic mass is 10.6. The summed E-state index contributed by atoms with van der Waals surface area (Å²) in [6, 6.07) is 0. The van der Waals surface area contributed by atoms with Gasteiger partial charge in [-0.2, -0.15) is 11.1 Å². The molecule has 50 valence electrons. The van der Waals surface area contributed by atoms with Gasteiger partial charge in [-0.3, -0.25) is 5.84 Å². The first-order chi connectivity index (χ1) is 3.85. The lowest BCUT2D eigenvalue weighted by Gasteiger charge is -2.17. The van der Waals surface area contributed by atoms with E-state index in [1.54, 1.807) is 0 Å². The molecule has 0 aromatic rings. The van der Waals surface area contributed by atoms with E-state index in [4.69, 9.17) is 5.84 Å². The van der Waals surface area contributed by atoms with Gasteiger partial charge in [-0.25, -0.2) is 5.01 Å². The standard InChI is InChI=1S/C4H14N4/c1-3-8(4-2)7-6-5/h6-7H,3-5H2,1-2H3. The number of nitrogens with one attached hydrogen (secondary N) is 2. The molecule has 0 aliphatic heterocycles. The molecule has 0 saturated carbocycles. The van der Waals surface area contributed by atoms with Crippen molar-refractivity contribution in [2.24, 2.45) is 5.84 Å². The zero-order chi connectivity index (χ0) is 6.41. The molecule has 0 rings (SSSR count). The van der Waals surface area contributed by atoms with E-state index in [1.165, 1.54) is 0 Å². The predicted octanol–water partition coefficient (Wildman–Crippen LogP) is -0.789. The molecule has 0 aliphatic carbocycles. The molecule has 0 aromatic heterocycles. The summed E-state index contributed by atoms with van der Waals surface area (Å²) in [4.78, 5) is 0. The van der Waals surface area contributed by atoms with Gasteiger partial charge in [0.2, 0.25) is 0 Å². The highest BCUT2D eigenvalue weighted by atomic mass is 15.7. The molecule has 4 nitrogen and oxygen atoms in total. The SMILES string of the molecule is CCN(CC)NNN. The summed E-state index contributed by atoms with van der Waals surface area (Å²) >= 11 is 0. The molecule has 0 aromatic carbocycles. The van der Waals surface area contributed by atoms with Crippen molar-refractivity contribution in [2.45, 2.75) is 13.8 Å². The Morgan fingerprint density at radius 1 is 1.38 bits per heavy atom. The third-order valence-electron chi connectivity index (χ3n) is 0.986. The molecule has 0 amide bonds. The van der Waals surface area contributed by atoms with Crippen LogP contribution in [0.25, 0.3) is 0 Å². The van der Waals surface area contributed by atoms with Gasteiger partial charge in [0.25, 0.3) is 0 Å². The Bertz CT molecular complexity index is 43.3. The highest BCUT2D eigenvalue weighted by Gasteiger charge is 1.91. The van der Waals surface area contributed by atoms with Gasteiger partial charge in [-0.15, -0.1) is 0 Å². The van der Waals surface area contributed by atoms with Crippen LogP contribution in [-0.4, -0.2) is 18.1 Å². The minimum atomic E-state index is 0.945. The molecule has 8 heavy (non-hydrogen) atoms. The molecular formula is C4H14N4. The zero-order valence-electron chi connectivity index (χ0n) is 5.44. The van der Waals surface area contributed by atoms with Gasteiger partial charge in [0.15, 0.2) is 0 Å². The highest BCUT2D eigenvalue weighted by Crippen LogP contribution is 1.73. The van der Waals surface area contributed by atoms with Crippen LogP contribution in [0, 0.1) is 0 Å². The Kier molecular flexibility index (Phi) is 4.89. The fourth-order valence-electron chi connectivity index (χ4n) is 0.473. The summed E-state index contributed by atoms with van der Waals surface area (Å²) < 4.78 is 0. The molecule has 0 atom stereocenters. The Balaban J connectivity index is 3.07. The molecule has 0 spiro atoms. The number of rotatable bonds is 4. The van der Waals surface area contributed by atoms with Crippen LogP contribution in [0.3, 0.4) is 0 Å². The summed E-state index contributed by atoms with van der Waals surface area (Å²) in [5.41, 5.74) is 5.09. The van der Waals surface area contributed by atoms with Crippen LogP contribution < -0.4 is 16.9 Å². The van der Waals surface area contributed by atoms with E-state index >= 15 is 0 Å². The van der Waals surface area contributed by atoms with Crippen molar-refractivity contribution < 1.29 is 0 Å². The average Bonchev–Trinajstić information content (AvgIpc) is 1.83. The molecule has 4 heteroatoms. The van der Waals surface area contributed by atoms with E-state index in [2.05, 4.69) is 11.1 Å². The quantitative estimate of drug-likeness (QED) is 0.334. The van der Waals surface area contributed by atoms with E-state index in [0.717, 1.165) is 13.1 Å². The second-order valence-corrected chi connectivity index (χ2v) is 1.43. The number of nitrogens with two attached hydrogens (primary N) is 1. The van der Waals surface area contributed by atoms with E-state index in [-0.39, 0.29) is 0 Å². The van der Waals surface area contributed by atoms with E-state index in [0.29, 0.717) is 0 Å². The molecule has 0 radical (unpaired) electrons. The number of hydrogen-bond acceptors (Lipinski definition) is 4. The Morgan fingerprint density at radius 2 is 1.88 bits per heavy atom. The molecule has 0 unspecified atom stereocenters. The van der Waals surface area contributed by atoms with Crippen molar-refractivity contribution in [3.05, 3.63) is 0 Å². The second kappa shape index (κ2) is 4.99. The maximum absolute atomic E-state index is 4.98. The largest absolute Gasteiger partial charge is 0.257 e. The van der Waals surface area contributed by atoms with Crippen LogP contribution >= 0.6 is 0 Å². The lowest BCUT2D eigenvalue weighted by Crippen LogP contribution is -2.49. The van der Waals surface area contributed by atoms with Crippen LogP contribution in [0.15, 0.2) is 0 Å². The fraction of sp³-hybridized carbons (Fsp3) is 1.00. The number of hydrogen-bond donors (Lipinski definition) is 3. The van der Waals surface area contributed by atoms with Gasteiger partial charge in [0, 0.05) is 13.1 Å². The first kappa shape index (κ1) is 7.84. The topological polar surface area (TPSA) is 53.3 Å². The fourth-order valence-corrected chi connectivity index (χ4v) is 0.473. The Labute approximate surface area is 49.9 Å². The molecule has 0 fully saturated rings. The highest BCUT2D eigenvalue weighted by molar-refractivity contribution is 4.36.